The Morgan fingerprint density at radius 2 is 2.04 bits per heavy atom. The lowest BCUT2D eigenvalue weighted by Gasteiger charge is -2.43. The molecule has 7 heteroatoms. The molecule has 1 aromatic carbocycles. The normalized spacial score (nSPS) is 23.5. The van der Waals surface area contributed by atoms with Crippen LogP contribution in [0.5, 0.6) is 5.75 Å². The first-order chi connectivity index (χ1) is 11.0. The number of hydrogen-bond donors (Lipinski definition) is 0. The highest BCUT2D eigenvalue weighted by Gasteiger charge is 2.43. The number of nitrogens with zero attached hydrogens (tertiary/aromatic N) is 2. The Morgan fingerprint density at radius 1 is 1.26 bits per heavy atom. The standard InChI is InChI=1S/C16H22N2O4S/c1-13-6-2-3-8-15(13)22-11-10-18-16(19)17-9-5-4-7-14(17)12-23(18,20)21/h2-3,6,8,14H,4-5,7,9-12H2,1H3. The van der Waals surface area contributed by atoms with E-state index in [2.05, 4.69) is 0 Å². The van der Waals surface area contributed by atoms with E-state index in [1.165, 1.54) is 0 Å². The molecular weight excluding hydrogens is 316 g/mol. The van der Waals surface area contributed by atoms with Crippen molar-refractivity contribution in [1.82, 2.24) is 9.21 Å². The van der Waals surface area contributed by atoms with Crippen LogP contribution in [0.15, 0.2) is 24.3 Å². The van der Waals surface area contributed by atoms with Crippen molar-refractivity contribution in [2.24, 2.45) is 0 Å². The Morgan fingerprint density at radius 3 is 2.83 bits per heavy atom. The molecule has 0 saturated carbocycles. The van der Waals surface area contributed by atoms with E-state index in [0.717, 1.165) is 29.1 Å². The summed E-state index contributed by atoms with van der Waals surface area (Å²) in [7, 11) is -3.55. The zero-order chi connectivity index (χ0) is 16.4. The molecule has 3 rings (SSSR count). The lowest BCUT2D eigenvalue weighted by molar-refractivity contribution is 0.128. The highest BCUT2D eigenvalue weighted by Crippen LogP contribution is 2.26. The summed E-state index contributed by atoms with van der Waals surface area (Å²) in [5.41, 5.74) is 0.983. The first-order valence-electron chi connectivity index (χ1n) is 7.98. The molecule has 6 nitrogen and oxygen atoms in total. The number of amides is 2. The van der Waals surface area contributed by atoms with E-state index in [1.807, 2.05) is 31.2 Å². The van der Waals surface area contributed by atoms with Gasteiger partial charge in [-0.3, -0.25) is 0 Å². The molecule has 2 amide bonds. The van der Waals surface area contributed by atoms with Crippen LogP contribution in [-0.4, -0.2) is 55.1 Å². The quantitative estimate of drug-likeness (QED) is 0.842. The topological polar surface area (TPSA) is 66.9 Å². The lowest BCUT2D eigenvalue weighted by atomic mass is 10.0. The highest BCUT2D eigenvalue weighted by atomic mass is 32.2. The number of sulfonamides is 1. The van der Waals surface area contributed by atoms with E-state index in [0.29, 0.717) is 12.3 Å². The zero-order valence-electron chi connectivity index (χ0n) is 13.3. The number of fused-ring (bicyclic) bond motifs is 1. The number of carbonyl (C=O) groups is 1. The monoisotopic (exact) mass is 338 g/mol. The number of hydrogen-bond acceptors (Lipinski definition) is 4. The van der Waals surface area contributed by atoms with Gasteiger partial charge in [0.25, 0.3) is 0 Å². The maximum Gasteiger partial charge on any atom is 0.334 e. The summed E-state index contributed by atoms with van der Waals surface area (Å²) in [6, 6.07) is 6.99. The Kier molecular flexibility index (Phi) is 4.48. The van der Waals surface area contributed by atoms with Gasteiger partial charge < -0.3 is 9.64 Å². The number of para-hydroxylation sites is 1. The molecular formula is C16H22N2O4S. The van der Waals surface area contributed by atoms with Gasteiger partial charge in [-0.15, -0.1) is 0 Å². The minimum atomic E-state index is -3.55. The SMILES string of the molecule is Cc1ccccc1OCCN1C(=O)N2CCCCC2CS1(=O)=O. The molecule has 2 fully saturated rings. The molecule has 2 aliphatic rings. The second-order valence-electron chi connectivity index (χ2n) is 6.09. The Labute approximate surface area is 137 Å². The fourth-order valence-electron chi connectivity index (χ4n) is 3.21. The number of urea groups is 1. The van der Waals surface area contributed by atoms with Crippen molar-refractivity contribution in [3.63, 3.8) is 0 Å². The van der Waals surface area contributed by atoms with Crippen LogP contribution in [-0.2, 0) is 10.0 Å². The zero-order valence-corrected chi connectivity index (χ0v) is 14.1. The summed E-state index contributed by atoms with van der Waals surface area (Å²) in [6.07, 6.45) is 2.70. The Hall–Kier alpha value is -1.76. The van der Waals surface area contributed by atoms with Crippen LogP contribution in [0.1, 0.15) is 24.8 Å². The number of carbonyl (C=O) groups excluding carboxylic acids is 1. The van der Waals surface area contributed by atoms with Crippen LogP contribution in [0.2, 0.25) is 0 Å². The van der Waals surface area contributed by atoms with Crippen LogP contribution in [0.3, 0.4) is 0 Å². The molecule has 0 N–H and O–H groups in total. The molecule has 0 aliphatic carbocycles. The van der Waals surface area contributed by atoms with E-state index in [-0.39, 0.29) is 24.9 Å². The minimum Gasteiger partial charge on any atom is -0.491 e. The number of aryl methyl sites for hydroxylation is 1. The maximum absolute atomic E-state index is 12.5. The van der Waals surface area contributed by atoms with Crippen molar-refractivity contribution >= 4 is 16.1 Å². The predicted molar refractivity (Wildman–Crippen MR) is 86.9 cm³/mol. The largest absolute Gasteiger partial charge is 0.491 e. The highest BCUT2D eigenvalue weighted by molar-refractivity contribution is 7.89. The van der Waals surface area contributed by atoms with Crippen molar-refractivity contribution in [1.29, 1.82) is 0 Å². The summed E-state index contributed by atoms with van der Waals surface area (Å²) in [5.74, 6) is 0.744. The van der Waals surface area contributed by atoms with E-state index in [4.69, 9.17) is 4.74 Å². The molecule has 0 spiro atoms. The molecule has 2 heterocycles. The van der Waals surface area contributed by atoms with Gasteiger partial charge in [-0.05, 0) is 37.8 Å². The Balaban J connectivity index is 1.66. The van der Waals surface area contributed by atoms with Gasteiger partial charge in [0.15, 0.2) is 0 Å². The summed E-state index contributed by atoms with van der Waals surface area (Å²) >= 11 is 0. The Bertz CT molecular complexity index is 689. The van der Waals surface area contributed by atoms with Gasteiger partial charge in [-0.2, -0.15) is 0 Å². The number of benzene rings is 1. The van der Waals surface area contributed by atoms with Gasteiger partial charge in [0.05, 0.1) is 12.3 Å². The van der Waals surface area contributed by atoms with Crippen LogP contribution >= 0.6 is 0 Å². The van der Waals surface area contributed by atoms with Crippen molar-refractivity contribution in [2.75, 3.05) is 25.4 Å². The average molecular weight is 338 g/mol. The molecule has 23 heavy (non-hydrogen) atoms. The molecule has 0 bridgehead atoms. The third-order valence-electron chi connectivity index (χ3n) is 4.47. The molecule has 126 valence electrons. The third-order valence-corrected chi connectivity index (χ3v) is 6.29. The molecule has 0 aromatic heterocycles. The molecule has 0 radical (unpaired) electrons. The van der Waals surface area contributed by atoms with Gasteiger partial charge in [-0.25, -0.2) is 17.5 Å². The van der Waals surface area contributed by atoms with Gasteiger partial charge in [-0.1, -0.05) is 18.2 Å². The second kappa shape index (κ2) is 6.39. The van der Waals surface area contributed by atoms with Crippen LogP contribution in [0.4, 0.5) is 4.79 Å². The summed E-state index contributed by atoms with van der Waals surface area (Å²) in [6.45, 7) is 2.79. The third kappa shape index (κ3) is 3.29. The summed E-state index contributed by atoms with van der Waals surface area (Å²) in [4.78, 5) is 14.2. The molecule has 2 saturated heterocycles. The van der Waals surface area contributed by atoms with Crippen LogP contribution in [0.25, 0.3) is 0 Å². The van der Waals surface area contributed by atoms with Gasteiger partial charge >= 0.3 is 6.03 Å². The molecule has 1 unspecified atom stereocenters. The molecule has 2 aliphatic heterocycles. The number of ether oxygens (including phenoxy) is 1. The van der Waals surface area contributed by atoms with E-state index < -0.39 is 16.1 Å². The van der Waals surface area contributed by atoms with Gasteiger partial charge in [0.2, 0.25) is 10.0 Å². The van der Waals surface area contributed by atoms with Crippen LogP contribution in [0, 0.1) is 6.92 Å². The predicted octanol–water partition coefficient (Wildman–Crippen LogP) is 1.99. The first kappa shape index (κ1) is 16.1. The van der Waals surface area contributed by atoms with Crippen LogP contribution < -0.4 is 4.74 Å². The minimum absolute atomic E-state index is 0.0309. The lowest BCUT2D eigenvalue weighted by Crippen LogP contribution is -2.61. The summed E-state index contributed by atoms with van der Waals surface area (Å²) < 4.78 is 31.4. The second-order valence-corrected chi connectivity index (χ2v) is 8.03. The van der Waals surface area contributed by atoms with Crippen molar-refractivity contribution in [3.8, 4) is 5.75 Å². The number of rotatable bonds is 4. The first-order valence-corrected chi connectivity index (χ1v) is 9.59. The summed E-state index contributed by atoms with van der Waals surface area (Å²) in [5, 5.41) is 0. The van der Waals surface area contributed by atoms with Crippen molar-refractivity contribution in [2.45, 2.75) is 32.2 Å². The number of piperidine rings is 1. The van der Waals surface area contributed by atoms with Gasteiger partial charge in [0.1, 0.15) is 12.4 Å². The van der Waals surface area contributed by atoms with E-state index in [1.54, 1.807) is 4.90 Å². The van der Waals surface area contributed by atoms with E-state index in [9.17, 15) is 13.2 Å². The molecule has 1 atom stereocenters. The fourth-order valence-corrected chi connectivity index (χ4v) is 4.92. The molecule has 1 aromatic rings. The fraction of sp³-hybridized carbons (Fsp3) is 0.562. The maximum atomic E-state index is 12.5. The van der Waals surface area contributed by atoms with Gasteiger partial charge in [0, 0.05) is 12.6 Å². The van der Waals surface area contributed by atoms with E-state index >= 15 is 0 Å². The smallest absolute Gasteiger partial charge is 0.334 e. The average Bonchev–Trinajstić information content (AvgIpc) is 2.51. The van der Waals surface area contributed by atoms with Crippen molar-refractivity contribution < 1.29 is 17.9 Å². The van der Waals surface area contributed by atoms with Crippen molar-refractivity contribution in [3.05, 3.63) is 29.8 Å².